The van der Waals surface area contributed by atoms with E-state index in [-0.39, 0.29) is 0 Å². The smallest absolute Gasteiger partial charge is 0.120 e. The van der Waals surface area contributed by atoms with Crippen LogP contribution in [0.25, 0.3) is 0 Å². The van der Waals surface area contributed by atoms with E-state index < -0.39 is 0 Å². The second-order valence-electron chi connectivity index (χ2n) is 4.02. The van der Waals surface area contributed by atoms with Gasteiger partial charge in [0.2, 0.25) is 0 Å². The average Bonchev–Trinajstić information content (AvgIpc) is 2.33. The third-order valence-corrected chi connectivity index (χ3v) is 2.89. The Balaban J connectivity index is 2.06. The number of nitrogens with zero attached hydrogens (tertiary/aromatic N) is 1. The molecule has 16 heavy (non-hydrogen) atoms. The molecule has 1 aromatic carbocycles. The topological polar surface area (TPSA) is 44.7 Å². The molecule has 0 aliphatic carbocycles. The molecule has 1 aliphatic heterocycles. The van der Waals surface area contributed by atoms with Gasteiger partial charge >= 0.3 is 0 Å². The van der Waals surface area contributed by atoms with Gasteiger partial charge in [-0.2, -0.15) is 0 Å². The largest absolute Gasteiger partial charge is 0.508 e. The Morgan fingerprint density at radius 1 is 1.38 bits per heavy atom. The van der Waals surface area contributed by atoms with Gasteiger partial charge in [0, 0.05) is 38.3 Å². The molecular weight excluding hydrogens is 204 g/mol. The highest BCUT2D eigenvalue weighted by atomic mass is 16.5. The van der Waals surface area contributed by atoms with E-state index in [1.807, 2.05) is 6.07 Å². The zero-order valence-electron chi connectivity index (χ0n) is 9.57. The maximum atomic E-state index is 9.76. The number of phenols is 1. The summed E-state index contributed by atoms with van der Waals surface area (Å²) in [4.78, 5) is 2.32. The highest BCUT2D eigenvalue weighted by Gasteiger charge is 2.12. The van der Waals surface area contributed by atoms with Crippen LogP contribution in [0.4, 0.5) is 0 Å². The Kier molecular flexibility index (Phi) is 3.64. The van der Waals surface area contributed by atoms with Gasteiger partial charge in [0.1, 0.15) is 11.5 Å². The van der Waals surface area contributed by atoms with Crippen LogP contribution in [0.1, 0.15) is 5.56 Å². The molecule has 0 spiro atoms. The summed E-state index contributed by atoms with van der Waals surface area (Å²) in [6.07, 6.45) is 0. The summed E-state index contributed by atoms with van der Waals surface area (Å²) in [6.45, 7) is 4.87. The van der Waals surface area contributed by atoms with Crippen LogP contribution in [0.2, 0.25) is 0 Å². The van der Waals surface area contributed by atoms with Crippen molar-refractivity contribution in [3.63, 3.8) is 0 Å². The van der Waals surface area contributed by atoms with Crippen LogP contribution in [0.3, 0.4) is 0 Å². The standard InChI is InChI=1S/C12H18N2O2/c1-16-11-2-3-12(15)10(8-11)9-14-6-4-13-5-7-14/h2-3,8,13,15H,4-7,9H2,1H3. The fourth-order valence-electron chi connectivity index (χ4n) is 1.93. The van der Waals surface area contributed by atoms with Crippen LogP contribution in [0, 0.1) is 0 Å². The van der Waals surface area contributed by atoms with Gasteiger partial charge in [-0.1, -0.05) is 0 Å². The van der Waals surface area contributed by atoms with Gasteiger partial charge in [-0.3, -0.25) is 4.90 Å². The van der Waals surface area contributed by atoms with Crippen LogP contribution in [0.15, 0.2) is 18.2 Å². The molecule has 1 heterocycles. The number of hydrogen-bond acceptors (Lipinski definition) is 4. The molecule has 0 aromatic heterocycles. The van der Waals surface area contributed by atoms with Gasteiger partial charge in [0.25, 0.3) is 0 Å². The van der Waals surface area contributed by atoms with E-state index in [0.717, 1.165) is 44.0 Å². The quantitative estimate of drug-likeness (QED) is 0.794. The van der Waals surface area contributed by atoms with Crippen LogP contribution >= 0.6 is 0 Å². The number of nitrogens with one attached hydrogen (secondary N) is 1. The summed E-state index contributed by atoms with van der Waals surface area (Å²) >= 11 is 0. The highest BCUT2D eigenvalue weighted by molar-refractivity contribution is 5.39. The minimum absolute atomic E-state index is 0.347. The van der Waals surface area contributed by atoms with Crippen molar-refractivity contribution in [2.24, 2.45) is 0 Å². The monoisotopic (exact) mass is 222 g/mol. The van der Waals surface area contributed by atoms with Crippen molar-refractivity contribution in [3.05, 3.63) is 23.8 Å². The zero-order valence-corrected chi connectivity index (χ0v) is 9.57. The van der Waals surface area contributed by atoms with Crippen molar-refractivity contribution < 1.29 is 9.84 Å². The third-order valence-electron chi connectivity index (χ3n) is 2.89. The molecule has 1 saturated heterocycles. The predicted molar refractivity (Wildman–Crippen MR) is 62.8 cm³/mol. The minimum atomic E-state index is 0.347. The van der Waals surface area contributed by atoms with E-state index in [1.54, 1.807) is 19.2 Å². The number of rotatable bonds is 3. The van der Waals surface area contributed by atoms with E-state index in [9.17, 15) is 5.11 Å². The summed E-state index contributed by atoms with van der Waals surface area (Å²) < 4.78 is 5.16. The van der Waals surface area contributed by atoms with Crippen LogP contribution < -0.4 is 10.1 Å². The van der Waals surface area contributed by atoms with Crippen LogP contribution in [-0.2, 0) is 6.54 Å². The molecule has 0 radical (unpaired) electrons. The second-order valence-corrected chi connectivity index (χ2v) is 4.02. The molecule has 1 aromatic rings. The molecule has 0 atom stereocenters. The molecule has 1 aliphatic rings. The lowest BCUT2D eigenvalue weighted by Crippen LogP contribution is -2.42. The van der Waals surface area contributed by atoms with Crippen molar-refractivity contribution in [2.75, 3.05) is 33.3 Å². The molecule has 0 amide bonds. The maximum absolute atomic E-state index is 9.76. The van der Waals surface area contributed by atoms with Crippen LogP contribution in [0.5, 0.6) is 11.5 Å². The Labute approximate surface area is 95.8 Å². The number of hydrogen-bond donors (Lipinski definition) is 2. The first-order valence-electron chi connectivity index (χ1n) is 5.58. The number of aromatic hydroxyl groups is 1. The molecule has 4 nitrogen and oxygen atoms in total. The van der Waals surface area contributed by atoms with Gasteiger partial charge in [-0.25, -0.2) is 0 Å². The van der Waals surface area contributed by atoms with Gasteiger partial charge in [0.15, 0.2) is 0 Å². The van der Waals surface area contributed by atoms with E-state index in [1.165, 1.54) is 0 Å². The molecule has 2 rings (SSSR count). The molecule has 0 bridgehead atoms. The SMILES string of the molecule is COc1ccc(O)c(CN2CCNCC2)c1. The van der Waals surface area contributed by atoms with Crippen molar-refractivity contribution in [1.29, 1.82) is 0 Å². The lowest BCUT2D eigenvalue weighted by atomic mass is 10.1. The summed E-state index contributed by atoms with van der Waals surface area (Å²) in [5.41, 5.74) is 0.932. The lowest BCUT2D eigenvalue weighted by Gasteiger charge is -2.27. The molecule has 0 unspecified atom stereocenters. The van der Waals surface area contributed by atoms with E-state index in [4.69, 9.17) is 4.74 Å². The average molecular weight is 222 g/mol. The summed E-state index contributed by atoms with van der Waals surface area (Å²) in [6, 6.07) is 5.37. The van der Waals surface area contributed by atoms with Gasteiger partial charge in [0.05, 0.1) is 7.11 Å². The molecule has 88 valence electrons. The van der Waals surface area contributed by atoms with E-state index in [0.29, 0.717) is 5.75 Å². The summed E-state index contributed by atoms with van der Waals surface area (Å²) in [5, 5.41) is 13.1. The number of methoxy groups -OCH3 is 1. The highest BCUT2D eigenvalue weighted by Crippen LogP contribution is 2.24. The molecular formula is C12H18N2O2. The summed E-state index contributed by atoms with van der Waals surface area (Å²) in [5.74, 6) is 1.14. The number of benzene rings is 1. The normalized spacial score (nSPS) is 17.3. The fraction of sp³-hybridized carbons (Fsp3) is 0.500. The fourth-order valence-corrected chi connectivity index (χ4v) is 1.93. The van der Waals surface area contributed by atoms with Gasteiger partial charge in [-0.05, 0) is 18.2 Å². The summed E-state index contributed by atoms with van der Waals surface area (Å²) in [7, 11) is 1.64. The zero-order chi connectivity index (χ0) is 11.4. The Morgan fingerprint density at radius 2 is 2.12 bits per heavy atom. The van der Waals surface area contributed by atoms with Gasteiger partial charge < -0.3 is 15.2 Å². The first kappa shape index (κ1) is 11.2. The van der Waals surface area contributed by atoms with Crippen molar-refractivity contribution in [1.82, 2.24) is 10.2 Å². The number of ether oxygens (including phenoxy) is 1. The third kappa shape index (κ3) is 2.65. The van der Waals surface area contributed by atoms with E-state index >= 15 is 0 Å². The first-order valence-corrected chi connectivity index (χ1v) is 5.58. The Hall–Kier alpha value is -1.26. The first-order chi connectivity index (χ1) is 7.79. The Bertz CT molecular complexity index is 349. The maximum Gasteiger partial charge on any atom is 0.120 e. The van der Waals surface area contributed by atoms with Crippen LogP contribution in [-0.4, -0.2) is 43.3 Å². The van der Waals surface area contributed by atoms with Crippen molar-refractivity contribution in [2.45, 2.75) is 6.54 Å². The van der Waals surface area contributed by atoms with E-state index in [2.05, 4.69) is 10.2 Å². The van der Waals surface area contributed by atoms with Crippen molar-refractivity contribution >= 4 is 0 Å². The molecule has 0 saturated carbocycles. The molecule has 4 heteroatoms. The van der Waals surface area contributed by atoms with Crippen molar-refractivity contribution in [3.8, 4) is 11.5 Å². The predicted octanol–water partition coefficient (Wildman–Crippen LogP) is 0.806. The molecule has 1 fully saturated rings. The van der Waals surface area contributed by atoms with Gasteiger partial charge in [-0.15, -0.1) is 0 Å². The molecule has 2 N–H and O–H groups in total. The Morgan fingerprint density at radius 3 is 2.81 bits per heavy atom. The number of piperazine rings is 1. The number of phenolic OH excluding ortho intramolecular Hbond substituents is 1. The minimum Gasteiger partial charge on any atom is -0.508 e. The lowest BCUT2D eigenvalue weighted by molar-refractivity contribution is 0.230. The second kappa shape index (κ2) is 5.18.